The molecule has 0 unspecified atom stereocenters. The van der Waals surface area contributed by atoms with Crippen LogP contribution >= 0.6 is 27.5 Å². The predicted octanol–water partition coefficient (Wildman–Crippen LogP) is 4.70. The summed E-state index contributed by atoms with van der Waals surface area (Å²) in [5, 5.41) is 9.76. The fourth-order valence-electron chi connectivity index (χ4n) is 1.59. The van der Waals surface area contributed by atoms with Crippen molar-refractivity contribution in [1.29, 1.82) is 0 Å². The molecule has 1 N–H and O–H groups in total. The van der Waals surface area contributed by atoms with Gasteiger partial charge in [-0.25, -0.2) is 0 Å². The molecule has 0 saturated carbocycles. The van der Waals surface area contributed by atoms with E-state index in [9.17, 15) is 5.11 Å². The summed E-state index contributed by atoms with van der Waals surface area (Å²) in [5.41, 5.74) is 1.74. The lowest BCUT2D eigenvalue weighted by Gasteiger charge is -2.12. The quantitative estimate of drug-likeness (QED) is 0.885. The number of benzene rings is 2. The topological polar surface area (TPSA) is 29.5 Å². The third kappa shape index (κ3) is 2.86. The number of ether oxygens (including phenoxy) is 1. The molecule has 0 aromatic heterocycles. The second-order valence-electron chi connectivity index (χ2n) is 3.90. The van der Waals surface area contributed by atoms with Crippen LogP contribution in [0, 0.1) is 6.92 Å². The van der Waals surface area contributed by atoms with Crippen molar-refractivity contribution < 1.29 is 9.84 Å². The van der Waals surface area contributed by atoms with Crippen molar-refractivity contribution in [3.05, 3.63) is 57.0 Å². The number of halogens is 2. The van der Waals surface area contributed by atoms with Crippen molar-refractivity contribution in [3.8, 4) is 11.5 Å². The number of rotatable bonds is 3. The van der Waals surface area contributed by atoms with Crippen LogP contribution < -0.4 is 4.74 Å². The highest BCUT2D eigenvalue weighted by atomic mass is 79.9. The second-order valence-corrected chi connectivity index (χ2v) is 5.16. The van der Waals surface area contributed by atoms with Gasteiger partial charge in [-0.15, -0.1) is 0 Å². The molecule has 0 aliphatic carbocycles. The van der Waals surface area contributed by atoms with E-state index in [1.807, 2.05) is 25.1 Å². The molecule has 0 bridgehead atoms. The molecule has 0 aliphatic rings. The minimum absolute atomic E-state index is 0.106. The summed E-state index contributed by atoms with van der Waals surface area (Å²) in [6.07, 6.45) is 0. The Bertz CT molecular complexity index is 570. The highest BCUT2D eigenvalue weighted by Gasteiger charge is 2.09. The van der Waals surface area contributed by atoms with Gasteiger partial charge in [0, 0.05) is 10.0 Å². The number of aliphatic hydroxyl groups is 1. The summed E-state index contributed by atoms with van der Waals surface area (Å²) in [5.74, 6) is 1.20. The smallest absolute Gasteiger partial charge is 0.151 e. The van der Waals surface area contributed by atoms with E-state index < -0.39 is 0 Å². The molecular weight excluding hydrogens is 316 g/mol. The zero-order chi connectivity index (χ0) is 13.1. The summed E-state index contributed by atoms with van der Waals surface area (Å²) >= 11 is 9.52. The Morgan fingerprint density at radius 3 is 2.72 bits per heavy atom. The van der Waals surface area contributed by atoms with Crippen LogP contribution in [0.2, 0.25) is 5.02 Å². The van der Waals surface area contributed by atoms with Crippen molar-refractivity contribution in [2.45, 2.75) is 13.5 Å². The lowest BCUT2D eigenvalue weighted by molar-refractivity contribution is 0.276. The summed E-state index contributed by atoms with van der Waals surface area (Å²) in [6, 6.07) is 11.0. The Hall–Kier alpha value is -1.03. The SMILES string of the molecule is Cc1cc(Oc2c(Cl)cccc2CO)ccc1Br. The van der Waals surface area contributed by atoms with Crippen LogP contribution in [0.4, 0.5) is 0 Å². The van der Waals surface area contributed by atoms with Crippen molar-refractivity contribution in [3.63, 3.8) is 0 Å². The Kier molecular flexibility index (Phi) is 4.27. The van der Waals surface area contributed by atoms with E-state index in [4.69, 9.17) is 16.3 Å². The summed E-state index contributed by atoms with van der Waals surface area (Å²) < 4.78 is 6.78. The molecular formula is C14H12BrClO2. The molecule has 18 heavy (non-hydrogen) atoms. The maximum Gasteiger partial charge on any atom is 0.151 e. The summed E-state index contributed by atoms with van der Waals surface area (Å²) in [7, 11) is 0. The maximum absolute atomic E-state index is 9.27. The monoisotopic (exact) mass is 326 g/mol. The first-order valence-electron chi connectivity index (χ1n) is 5.44. The molecule has 0 saturated heterocycles. The van der Waals surface area contributed by atoms with E-state index in [2.05, 4.69) is 15.9 Å². The Morgan fingerprint density at radius 1 is 1.28 bits per heavy atom. The first-order chi connectivity index (χ1) is 8.61. The van der Waals surface area contributed by atoms with Gasteiger partial charge in [0.1, 0.15) is 5.75 Å². The van der Waals surface area contributed by atoms with Crippen molar-refractivity contribution in [2.24, 2.45) is 0 Å². The van der Waals surface area contributed by atoms with Crippen molar-refractivity contribution in [2.75, 3.05) is 0 Å². The van der Waals surface area contributed by atoms with Crippen LogP contribution in [-0.2, 0) is 6.61 Å². The fraction of sp³-hybridized carbons (Fsp3) is 0.143. The molecule has 2 aromatic rings. The molecule has 0 spiro atoms. The maximum atomic E-state index is 9.27. The third-order valence-electron chi connectivity index (χ3n) is 2.57. The number of hydrogen-bond donors (Lipinski definition) is 1. The lowest BCUT2D eigenvalue weighted by Crippen LogP contribution is -1.93. The fourth-order valence-corrected chi connectivity index (χ4v) is 2.07. The molecule has 2 nitrogen and oxygen atoms in total. The van der Waals surface area contributed by atoms with Gasteiger partial charge in [-0.3, -0.25) is 0 Å². The Balaban J connectivity index is 2.36. The molecule has 0 amide bonds. The first-order valence-corrected chi connectivity index (χ1v) is 6.61. The normalized spacial score (nSPS) is 10.4. The standard InChI is InChI=1S/C14H12BrClO2/c1-9-7-11(5-6-12(9)15)18-14-10(8-17)3-2-4-13(14)16/h2-7,17H,8H2,1H3. The minimum atomic E-state index is -0.106. The molecule has 0 atom stereocenters. The van der Waals surface area contributed by atoms with Gasteiger partial charge in [0.2, 0.25) is 0 Å². The minimum Gasteiger partial charge on any atom is -0.455 e. The van der Waals surface area contributed by atoms with Crippen LogP contribution in [0.3, 0.4) is 0 Å². The number of aliphatic hydroxyl groups excluding tert-OH is 1. The second kappa shape index (κ2) is 5.74. The summed E-state index contributed by atoms with van der Waals surface area (Å²) in [6.45, 7) is 1.88. The van der Waals surface area contributed by atoms with Crippen LogP contribution in [0.25, 0.3) is 0 Å². The third-order valence-corrected chi connectivity index (χ3v) is 3.76. The number of hydrogen-bond acceptors (Lipinski definition) is 2. The average Bonchev–Trinajstić information content (AvgIpc) is 2.36. The Morgan fingerprint density at radius 2 is 2.06 bits per heavy atom. The van der Waals surface area contributed by atoms with Gasteiger partial charge in [0.05, 0.1) is 11.6 Å². The van der Waals surface area contributed by atoms with E-state index in [-0.39, 0.29) is 6.61 Å². The van der Waals surface area contributed by atoms with E-state index in [1.165, 1.54) is 0 Å². The number of para-hydroxylation sites is 1. The van der Waals surface area contributed by atoms with Crippen molar-refractivity contribution >= 4 is 27.5 Å². The van der Waals surface area contributed by atoms with Crippen LogP contribution in [-0.4, -0.2) is 5.11 Å². The van der Waals surface area contributed by atoms with Crippen LogP contribution in [0.5, 0.6) is 11.5 Å². The average molecular weight is 328 g/mol. The molecule has 0 radical (unpaired) electrons. The lowest BCUT2D eigenvalue weighted by atomic mass is 10.2. The molecule has 0 fully saturated rings. The van der Waals surface area contributed by atoms with Gasteiger partial charge in [-0.2, -0.15) is 0 Å². The van der Waals surface area contributed by atoms with Crippen molar-refractivity contribution in [1.82, 2.24) is 0 Å². The van der Waals surface area contributed by atoms with Gasteiger partial charge in [-0.1, -0.05) is 39.7 Å². The molecule has 4 heteroatoms. The van der Waals surface area contributed by atoms with E-state index in [1.54, 1.807) is 18.2 Å². The molecule has 94 valence electrons. The zero-order valence-corrected chi connectivity index (χ0v) is 12.1. The summed E-state index contributed by atoms with van der Waals surface area (Å²) in [4.78, 5) is 0. The van der Waals surface area contributed by atoms with Gasteiger partial charge >= 0.3 is 0 Å². The highest BCUT2D eigenvalue weighted by Crippen LogP contribution is 2.34. The van der Waals surface area contributed by atoms with E-state index in [0.29, 0.717) is 22.1 Å². The van der Waals surface area contributed by atoms with Gasteiger partial charge < -0.3 is 9.84 Å². The van der Waals surface area contributed by atoms with E-state index >= 15 is 0 Å². The van der Waals surface area contributed by atoms with Gasteiger partial charge in [0.25, 0.3) is 0 Å². The predicted molar refractivity (Wildman–Crippen MR) is 76.3 cm³/mol. The van der Waals surface area contributed by atoms with Crippen LogP contribution in [0.1, 0.15) is 11.1 Å². The molecule has 0 aliphatic heterocycles. The van der Waals surface area contributed by atoms with E-state index in [0.717, 1.165) is 10.0 Å². The molecule has 2 rings (SSSR count). The van der Waals surface area contributed by atoms with Gasteiger partial charge in [-0.05, 0) is 36.8 Å². The first kappa shape index (κ1) is 13.4. The largest absolute Gasteiger partial charge is 0.455 e. The number of aryl methyl sites for hydroxylation is 1. The highest BCUT2D eigenvalue weighted by molar-refractivity contribution is 9.10. The molecule has 0 heterocycles. The molecule has 2 aromatic carbocycles. The van der Waals surface area contributed by atoms with Crippen LogP contribution in [0.15, 0.2) is 40.9 Å². The Labute approximate surface area is 119 Å². The van der Waals surface area contributed by atoms with Gasteiger partial charge in [0.15, 0.2) is 5.75 Å². The zero-order valence-electron chi connectivity index (χ0n) is 9.78.